The topological polar surface area (TPSA) is 121 Å². The monoisotopic (exact) mass is 480 g/mol. The van der Waals surface area contributed by atoms with Crippen molar-refractivity contribution >= 4 is 0 Å². The second-order valence-corrected chi connectivity index (χ2v) is 13.3. The molecule has 0 saturated heterocycles. The van der Waals surface area contributed by atoms with Crippen molar-refractivity contribution in [2.24, 2.45) is 46.3 Å². The summed E-state index contributed by atoms with van der Waals surface area (Å²) in [6, 6.07) is 0. The van der Waals surface area contributed by atoms with Crippen molar-refractivity contribution < 1.29 is 30.6 Å². The Labute approximate surface area is 205 Å². The number of allylic oxidation sites excluding steroid dienone is 1. The maximum absolute atomic E-state index is 11.6. The van der Waals surface area contributed by atoms with Gasteiger partial charge in [0.1, 0.15) is 0 Å². The van der Waals surface area contributed by atoms with Gasteiger partial charge in [-0.25, -0.2) is 0 Å². The average molecular weight is 481 g/mol. The van der Waals surface area contributed by atoms with E-state index in [1.165, 1.54) is 0 Å². The lowest BCUT2D eigenvalue weighted by Gasteiger charge is -2.65. The summed E-state index contributed by atoms with van der Waals surface area (Å²) >= 11 is 0. The Kier molecular flexibility index (Phi) is 6.88. The van der Waals surface area contributed by atoms with Crippen LogP contribution in [0.1, 0.15) is 79.6 Å². The molecule has 4 fully saturated rings. The molecule has 13 atom stereocenters. The first-order valence-corrected chi connectivity index (χ1v) is 13.5. The van der Waals surface area contributed by atoms with Crippen molar-refractivity contribution in [3.63, 3.8) is 0 Å². The Morgan fingerprint density at radius 3 is 2.35 bits per heavy atom. The highest BCUT2D eigenvalue weighted by Gasteiger charge is 2.68. The van der Waals surface area contributed by atoms with Crippen LogP contribution in [-0.4, -0.2) is 66.8 Å². The highest BCUT2D eigenvalue weighted by molar-refractivity contribution is 5.19. The molecule has 4 aliphatic carbocycles. The molecule has 196 valence electrons. The van der Waals surface area contributed by atoms with Gasteiger partial charge in [0.25, 0.3) is 0 Å². The smallest absolute Gasteiger partial charge is 0.0985 e. The van der Waals surface area contributed by atoms with Crippen LogP contribution < -0.4 is 0 Å². The van der Waals surface area contributed by atoms with Gasteiger partial charge in [0.2, 0.25) is 0 Å². The third-order valence-corrected chi connectivity index (χ3v) is 11.5. The third-order valence-electron chi connectivity index (χ3n) is 11.5. The minimum absolute atomic E-state index is 0.0627. The fourth-order valence-electron chi connectivity index (χ4n) is 9.02. The molecule has 6 heteroatoms. The summed E-state index contributed by atoms with van der Waals surface area (Å²) in [5.41, 5.74) is -2.94. The van der Waals surface area contributed by atoms with Crippen LogP contribution in [0, 0.1) is 46.3 Å². The van der Waals surface area contributed by atoms with Gasteiger partial charge < -0.3 is 30.6 Å². The highest BCUT2D eigenvalue weighted by atomic mass is 16.3. The molecule has 0 bridgehead atoms. The molecular weight excluding hydrogens is 432 g/mol. The lowest BCUT2D eigenvalue weighted by molar-refractivity contribution is -0.268. The minimum Gasteiger partial charge on any atom is -0.393 e. The SMILES string of the molecule is C[C@H](/C=C/[C@H](C)[C@](C)(O)CO)[C@H]1C[C@@H](O)[C@H]2[C@@H]3C[C@@H](O)[C@@]4(O)C[C@@H](O)CC[C@]4(C)[C@H]3CC[C@@]21C. The molecule has 0 radical (unpaired) electrons. The predicted octanol–water partition coefficient (Wildman–Crippen LogP) is 2.63. The van der Waals surface area contributed by atoms with Crippen molar-refractivity contribution in [1.29, 1.82) is 0 Å². The van der Waals surface area contributed by atoms with Crippen LogP contribution in [0.15, 0.2) is 12.2 Å². The molecule has 0 aromatic heterocycles. The van der Waals surface area contributed by atoms with Crippen molar-refractivity contribution in [3.8, 4) is 0 Å². The van der Waals surface area contributed by atoms with Gasteiger partial charge in [-0.15, -0.1) is 0 Å². The standard InChI is InChI=1S/C28H48O6/c1-16(6-7-17(2)27(5,33)15-29)21-13-22(31)24-19-12-23(32)28(34)14-18(30)8-11-26(28,4)20(19)9-10-25(21,24)3/h6-7,16-24,29-34H,8-15H2,1-5H3/b7-6+/t16-,17+,18+,19-,20+,21-,22-,23-,24-,25-,26-,27-,28+/m1/s1. The first kappa shape index (κ1) is 26.6. The summed E-state index contributed by atoms with van der Waals surface area (Å²) in [7, 11) is 0. The molecule has 0 spiro atoms. The van der Waals surface area contributed by atoms with Crippen LogP contribution in [-0.2, 0) is 0 Å². The quantitative estimate of drug-likeness (QED) is 0.337. The number of aliphatic hydroxyl groups excluding tert-OH is 4. The molecule has 0 unspecified atom stereocenters. The lowest BCUT2D eigenvalue weighted by Crippen LogP contribution is -2.69. The Balaban J connectivity index is 1.59. The van der Waals surface area contributed by atoms with Gasteiger partial charge in [0.05, 0.1) is 36.1 Å². The third kappa shape index (κ3) is 3.83. The van der Waals surface area contributed by atoms with Crippen molar-refractivity contribution in [2.75, 3.05) is 6.61 Å². The Bertz CT molecular complexity index is 783. The van der Waals surface area contributed by atoms with E-state index < -0.39 is 34.9 Å². The van der Waals surface area contributed by atoms with Crippen molar-refractivity contribution in [3.05, 3.63) is 12.2 Å². The number of hydrogen-bond acceptors (Lipinski definition) is 6. The first-order valence-electron chi connectivity index (χ1n) is 13.5. The molecule has 0 heterocycles. The maximum atomic E-state index is 11.6. The Morgan fingerprint density at radius 1 is 1.03 bits per heavy atom. The van der Waals surface area contributed by atoms with E-state index in [9.17, 15) is 30.6 Å². The summed E-state index contributed by atoms with van der Waals surface area (Å²) in [6.45, 7) is 9.87. The van der Waals surface area contributed by atoms with Gasteiger partial charge in [0, 0.05) is 17.8 Å². The predicted molar refractivity (Wildman–Crippen MR) is 131 cm³/mol. The van der Waals surface area contributed by atoms with E-state index in [2.05, 4.69) is 26.8 Å². The van der Waals surface area contributed by atoms with Crippen LogP contribution in [0.25, 0.3) is 0 Å². The van der Waals surface area contributed by atoms with Crippen LogP contribution in [0.2, 0.25) is 0 Å². The van der Waals surface area contributed by atoms with Crippen LogP contribution in [0.3, 0.4) is 0 Å². The Morgan fingerprint density at radius 2 is 1.71 bits per heavy atom. The number of rotatable bonds is 5. The van der Waals surface area contributed by atoms with Gasteiger partial charge >= 0.3 is 0 Å². The number of hydrogen-bond donors (Lipinski definition) is 6. The van der Waals surface area contributed by atoms with Crippen LogP contribution in [0.4, 0.5) is 0 Å². The molecule has 0 aliphatic heterocycles. The first-order chi connectivity index (χ1) is 15.7. The van der Waals surface area contributed by atoms with Crippen LogP contribution in [0.5, 0.6) is 0 Å². The fourth-order valence-corrected chi connectivity index (χ4v) is 9.02. The molecule has 4 rings (SSSR count). The molecule has 6 nitrogen and oxygen atoms in total. The molecule has 34 heavy (non-hydrogen) atoms. The minimum atomic E-state index is -1.27. The molecule has 0 aromatic carbocycles. The zero-order chi connectivity index (χ0) is 25.3. The molecule has 0 aromatic rings. The van der Waals surface area contributed by atoms with E-state index in [0.29, 0.717) is 19.3 Å². The normalized spacial score (nSPS) is 52.4. The van der Waals surface area contributed by atoms with Gasteiger partial charge in [0.15, 0.2) is 0 Å². The number of fused-ring (bicyclic) bond motifs is 5. The highest BCUT2D eigenvalue weighted by Crippen LogP contribution is 2.69. The summed E-state index contributed by atoms with van der Waals surface area (Å²) < 4.78 is 0. The van der Waals surface area contributed by atoms with E-state index in [1.807, 2.05) is 13.0 Å². The molecule has 6 N–H and O–H groups in total. The van der Waals surface area contributed by atoms with Gasteiger partial charge in [-0.2, -0.15) is 0 Å². The van der Waals surface area contributed by atoms with E-state index in [1.54, 1.807) is 6.92 Å². The van der Waals surface area contributed by atoms with Gasteiger partial charge in [-0.3, -0.25) is 0 Å². The summed E-state index contributed by atoms with van der Waals surface area (Å²) in [5.74, 6) is 0.773. The Hall–Kier alpha value is -0.500. The number of aliphatic hydroxyl groups is 6. The van der Waals surface area contributed by atoms with Crippen LogP contribution >= 0.6 is 0 Å². The van der Waals surface area contributed by atoms with E-state index in [4.69, 9.17) is 0 Å². The van der Waals surface area contributed by atoms with Crippen molar-refractivity contribution in [2.45, 2.75) is 109 Å². The van der Waals surface area contributed by atoms with E-state index in [0.717, 1.165) is 19.3 Å². The van der Waals surface area contributed by atoms with E-state index >= 15 is 0 Å². The maximum Gasteiger partial charge on any atom is 0.0985 e. The zero-order valence-electron chi connectivity index (χ0n) is 21.7. The van der Waals surface area contributed by atoms with Gasteiger partial charge in [-0.1, -0.05) is 39.8 Å². The largest absolute Gasteiger partial charge is 0.393 e. The molecule has 0 amide bonds. The molecule has 4 aliphatic rings. The van der Waals surface area contributed by atoms with E-state index in [-0.39, 0.29) is 54.0 Å². The summed E-state index contributed by atoms with van der Waals surface area (Å²) in [6.07, 6.45) is 6.98. The average Bonchev–Trinajstić information content (AvgIpc) is 3.05. The summed E-state index contributed by atoms with van der Waals surface area (Å²) in [4.78, 5) is 0. The zero-order valence-corrected chi connectivity index (χ0v) is 21.7. The molecule has 4 saturated carbocycles. The van der Waals surface area contributed by atoms with Crippen molar-refractivity contribution in [1.82, 2.24) is 0 Å². The summed E-state index contributed by atoms with van der Waals surface area (Å²) in [5, 5.41) is 64.3. The van der Waals surface area contributed by atoms with Gasteiger partial charge in [-0.05, 0) is 80.5 Å². The lowest BCUT2D eigenvalue weighted by atomic mass is 9.42. The fraction of sp³-hybridized carbons (Fsp3) is 0.929. The molecular formula is C28H48O6. The second-order valence-electron chi connectivity index (χ2n) is 13.3. The second kappa shape index (κ2) is 8.81.